The second-order valence-electron chi connectivity index (χ2n) is 7.83. The number of ether oxygens (including phenoxy) is 1. The molecule has 9 nitrogen and oxygen atoms in total. The molecule has 156 valence electrons. The van der Waals surface area contributed by atoms with Gasteiger partial charge in [-0.1, -0.05) is 0 Å². The van der Waals surface area contributed by atoms with Crippen molar-refractivity contribution in [3.63, 3.8) is 0 Å². The molecule has 1 N–H and O–H groups in total. The summed E-state index contributed by atoms with van der Waals surface area (Å²) in [5, 5.41) is 7.80. The van der Waals surface area contributed by atoms with Gasteiger partial charge in [-0.2, -0.15) is 9.67 Å². The van der Waals surface area contributed by atoms with Gasteiger partial charge in [0, 0.05) is 49.9 Å². The van der Waals surface area contributed by atoms with Crippen molar-refractivity contribution < 1.29 is 4.74 Å². The number of aromatic nitrogens is 5. The number of aryl methyl sites for hydroxylation is 1. The molecular formula is C21H26N8O. The molecule has 3 aromatic rings. The van der Waals surface area contributed by atoms with Crippen molar-refractivity contribution >= 4 is 17.3 Å². The summed E-state index contributed by atoms with van der Waals surface area (Å²) in [7, 11) is 0. The molecule has 2 saturated heterocycles. The molecule has 2 aromatic heterocycles. The molecule has 5 rings (SSSR count). The van der Waals surface area contributed by atoms with Gasteiger partial charge in [0.25, 0.3) is 0 Å². The molecule has 0 amide bonds. The van der Waals surface area contributed by atoms with Crippen LogP contribution in [0.5, 0.6) is 0 Å². The second kappa shape index (κ2) is 8.37. The molecule has 0 unspecified atom stereocenters. The minimum Gasteiger partial charge on any atom is -0.378 e. The van der Waals surface area contributed by atoms with Crippen LogP contribution in [0.4, 0.5) is 17.3 Å². The lowest BCUT2D eigenvalue weighted by Crippen LogP contribution is -2.50. The Kier molecular flexibility index (Phi) is 5.29. The highest BCUT2D eigenvalue weighted by Gasteiger charge is 2.27. The minimum absolute atomic E-state index is 0.532. The summed E-state index contributed by atoms with van der Waals surface area (Å²) in [4.78, 5) is 17.7. The second-order valence-corrected chi connectivity index (χ2v) is 7.83. The summed E-state index contributed by atoms with van der Waals surface area (Å²) in [5.74, 6) is 1.16. The Morgan fingerprint density at radius 3 is 2.77 bits per heavy atom. The van der Waals surface area contributed by atoms with Crippen LogP contribution in [0.3, 0.4) is 0 Å². The van der Waals surface area contributed by atoms with Gasteiger partial charge in [0.2, 0.25) is 5.95 Å². The lowest BCUT2D eigenvalue weighted by molar-refractivity contribution is -0.0625. The maximum absolute atomic E-state index is 5.37. The van der Waals surface area contributed by atoms with Crippen LogP contribution >= 0.6 is 0 Å². The van der Waals surface area contributed by atoms with Gasteiger partial charge in [-0.05, 0) is 37.1 Å². The first-order valence-electron chi connectivity index (χ1n) is 10.4. The van der Waals surface area contributed by atoms with E-state index in [1.165, 1.54) is 11.3 Å². The topological polar surface area (TPSA) is 84.2 Å². The van der Waals surface area contributed by atoms with Crippen LogP contribution in [-0.4, -0.2) is 75.1 Å². The quantitative estimate of drug-likeness (QED) is 0.689. The van der Waals surface area contributed by atoms with E-state index in [1.54, 1.807) is 29.6 Å². The van der Waals surface area contributed by atoms with Crippen LogP contribution in [0, 0.1) is 6.92 Å². The number of rotatable bonds is 5. The van der Waals surface area contributed by atoms with Gasteiger partial charge >= 0.3 is 0 Å². The van der Waals surface area contributed by atoms with Crippen LogP contribution in [0.1, 0.15) is 12.0 Å². The number of nitrogens with zero attached hydrogens (tertiary/aromatic N) is 7. The lowest BCUT2D eigenvalue weighted by atomic mass is 10.1. The Hall–Kier alpha value is -3.04. The average molecular weight is 406 g/mol. The molecule has 0 atom stereocenters. The zero-order chi connectivity index (χ0) is 20.3. The van der Waals surface area contributed by atoms with Crippen LogP contribution < -0.4 is 10.2 Å². The van der Waals surface area contributed by atoms with E-state index in [9.17, 15) is 0 Å². The highest BCUT2D eigenvalue weighted by atomic mass is 16.5. The monoisotopic (exact) mass is 406 g/mol. The third-order valence-electron chi connectivity index (χ3n) is 5.63. The molecule has 2 aliphatic rings. The van der Waals surface area contributed by atoms with E-state index in [1.807, 2.05) is 0 Å². The molecule has 1 aromatic carbocycles. The van der Waals surface area contributed by atoms with E-state index in [0.717, 1.165) is 51.5 Å². The smallest absolute Gasteiger partial charge is 0.247 e. The maximum atomic E-state index is 5.37. The van der Waals surface area contributed by atoms with Gasteiger partial charge in [-0.15, -0.1) is 5.10 Å². The first-order chi connectivity index (χ1) is 14.7. The van der Waals surface area contributed by atoms with Crippen LogP contribution in [0.2, 0.25) is 0 Å². The van der Waals surface area contributed by atoms with Gasteiger partial charge in [0.15, 0.2) is 5.82 Å². The molecule has 4 heterocycles. The van der Waals surface area contributed by atoms with E-state index < -0.39 is 0 Å². The summed E-state index contributed by atoms with van der Waals surface area (Å²) in [6, 6.07) is 7.15. The van der Waals surface area contributed by atoms with Gasteiger partial charge in [0.1, 0.15) is 6.33 Å². The maximum Gasteiger partial charge on any atom is 0.247 e. The highest BCUT2D eigenvalue weighted by Crippen LogP contribution is 2.26. The molecule has 9 heteroatoms. The van der Waals surface area contributed by atoms with E-state index in [2.05, 4.69) is 60.3 Å². The first kappa shape index (κ1) is 19.0. The van der Waals surface area contributed by atoms with Crippen molar-refractivity contribution in [1.82, 2.24) is 29.6 Å². The third-order valence-corrected chi connectivity index (χ3v) is 5.63. The molecule has 2 aliphatic heterocycles. The summed E-state index contributed by atoms with van der Waals surface area (Å²) in [5.41, 5.74) is 3.42. The SMILES string of the molecule is Cc1cc(Nc2ncn(-c3cnccn3)n2)cc(N2CCCN(C3COC3)CC2)c1. The van der Waals surface area contributed by atoms with E-state index >= 15 is 0 Å². The Bertz CT molecular complexity index is 988. The largest absolute Gasteiger partial charge is 0.378 e. The number of hydrogen-bond donors (Lipinski definition) is 1. The van der Waals surface area contributed by atoms with Crippen LogP contribution in [0.15, 0.2) is 43.1 Å². The number of nitrogens with one attached hydrogen (secondary N) is 1. The Balaban J connectivity index is 1.30. The molecule has 0 spiro atoms. The van der Waals surface area contributed by atoms with Crippen molar-refractivity contribution in [2.45, 2.75) is 19.4 Å². The van der Waals surface area contributed by atoms with Gasteiger partial charge in [-0.3, -0.25) is 9.88 Å². The van der Waals surface area contributed by atoms with Crippen molar-refractivity contribution in [3.8, 4) is 5.82 Å². The predicted molar refractivity (Wildman–Crippen MR) is 114 cm³/mol. The zero-order valence-electron chi connectivity index (χ0n) is 17.1. The minimum atomic E-state index is 0.532. The number of hydrogen-bond acceptors (Lipinski definition) is 8. The van der Waals surface area contributed by atoms with Crippen LogP contribution in [-0.2, 0) is 4.74 Å². The van der Waals surface area contributed by atoms with E-state index in [-0.39, 0.29) is 0 Å². The Morgan fingerprint density at radius 2 is 1.97 bits per heavy atom. The highest BCUT2D eigenvalue weighted by molar-refractivity contribution is 5.64. The molecule has 0 saturated carbocycles. The normalized spacial score (nSPS) is 18.1. The Morgan fingerprint density at radius 1 is 1.03 bits per heavy atom. The van der Waals surface area contributed by atoms with E-state index in [0.29, 0.717) is 17.8 Å². The van der Waals surface area contributed by atoms with Gasteiger partial charge in [-0.25, -0.2) is 4.98 Å². The molecule has 0 radical (unpaired) electrons. The fraction of sp³-hybridized carbons (Fsp3) is 0.429. The summed E-state index contributed by atoms with van der Waals surface area (Å²) in [6.45, 7) is 8.20. The van der Waals surface area contributed by atoms with Crippen molar-refractivity contribution in [2.75, 3.05) is 49.6 Å². The van der Waals surface area contributed by atoms with Crippen molar-refractivity contribution in [1.29, 1.82) is 0 Å². The summed E-state index contributed by atoms with van der Waals surface area (Å²) < 4.78 is 6.98. The molecule has 0 aliphatic carbocycles. The van der Waals surface area contributed by atoms with Gasteiger partial charge in [0.05, 0.1) is 25.5 Å². The zero-order valence-corrected chi connectivity index (χ0v) is 17.1. The standard InChI is InChI=1S/C21H26N8O/c1-16-9-17(25-21-24-15-29(26-21)20-12-22-3-4-23-20)11-18(10-16)27-5-2-6-28(8-7-27)19-13-30-14-19/h3-4,9-12,15,19H,2,5-8,13-14H2,1H3,(H,25,26). The molecular weight excluding hydrogens is 380 g/mol. The molecule has 30 heavy (non-hydrogen) atoms. The fourth-order valence-electron chi connectivity index (χ4n) is 3.98. The summed E-state index contributed by atoms with van der Waals surface area (Å²) >= 11 is 0. The van der Waals surface area contributed by atoms with Crippen molar-refractivity contribution in [3.05, 3.63) is 48.7 Å². The first-order valence-corrected chi connectivity index (χ1v) is 10.4. The molecule has 2 fully saturated rings. The number of benzene rings is 1. The average Bonchev–Trinajstić information content (AvgIpc) is 3.04. The predicted octanol–water partition coefficient (Wildman–Crippen LogP) is 2.02. The van der Waals surface area contributed by atoms with Crippen LogP contribution in [0.25, 0.3) is 5.82 Å². The fourth-order valence-corrected chi connectivity index (χ4v) is 3.98. The van der Waals surface area contributed by atoms with E-state index in [4.69, 9.17) is 4.74 Å². The van der Waals surface area contributed by atoms with Crippen molar-refractivity contribution in [2.24, 2.45) is 0 Å². The summed E-state index contributed by atoms with van der Waals surface area (Å²) in [6.07, 6.45) is 7.72. The lowest BCUT2D eigenvalue weighted by Gasteiger charge is -2.36. The molecule has 0 bridgehead atoms. The van der Waals surface area contributed by atoms with Gasteiger partial charge < -0.3 is 15.0 Å². The number of anilines is 3. The Labute approximate surface area is 175 Å². The third kappa shape index (κ3) is 4.12.